The van der Waals surface area contributed by atoms with Crippen molar-refractivity contribution >= 4 is 12.1 Å². The van der Waals surface area contributed by atoms with Crippen molar-refractivity contribution in [2.45, 2.75) is 25.8 Å². The maximum absolute atomic E-state index is 12.4. The molecular formula is C16H20N2O2. The molecule has 2 rings (SSSR count). The van der Waals surface area contributed by atoms with Crippen molar-refractivity contribution in [3.63, 3.8) is 0 Å². The molecule has 0 saturated heterocycles. The zero-order valence-electron chi connectivity index (χ0n) is 11.8. The average Bonchev–Trinajstić information content (AvgIpc) is 2.97. The predicted octanol–water partition coefficient (Wildman–Crippen LogP) is 2.93. The van der Waals surface area contributed by atoms with E-state index in [-0.39, 0.29) is 11.9 Å². The highest BCUT2D eigenvalue weighted by Crippen LogP contribution is 2.29. The van der Waals surface area contributed by atoms with Crippen molar-refractivity contribution in [3.8, 4) is 0 Å². The lowest BCUT2D eigenvalue weighted by atomic mass is 10.0. The number of nitrogens with zero attached hydrogens (tertiary/aromatic N) is 2. The quantitative estimate of drug-likeness (QED) is 0.590. The Labute approximate surface area is 119 Å². The van der Waals surface area contributed by atoms with Gasteiger partial charge in [-0.3, -0.25) is 4.79 Å². The van der Waals surface area contributed by atoms with E-state index in [2.05, 4.69) is 11.7 Å². The smallest absolute Gasteiger partial charge is 0.269 e. The number of amides is 1. The second-order valence-electron chi connectivity index (χ2n) is 4.66. The molecule has 1 atom stereocenters. The number of benzene rings is 1. The molecule has 0 aromatic heterocycles. The summed E-state index contributed by atoms with van der Waals surface area (Å²) in [6, 6.07) is 9.92. The third kappa shape index (κ3) is 3.33. The van der Waals surface area contributed by atoms with Crippen LogP contribution in [0.4, 0.5) is 0 Å². The first kappa shape index (κ1) is 14.5. The van der Waals surface area contributed by atoms with Gasteiger partial charge in [0.25, 0.3) is 5.91 Å². The minimum absolute atomic E-state index is 0.0208. The standard InChI is InChI=1S/C16H20N2O2/c1-3-20-12-10-13(2)16(19)18-15(9-11-17-18)14-7-5-4-6-8-14/h4-8,11,15H,2-3,9-10,12H2,1H3. The Balaban J connectivity index is 2.01. The van der Waals surface area contributed by atoms with Gasteiger partial charge in [-0.1, -0.05) is 36.9 Å². The highest BCUT2D eigenvalue weighted by Gasteiger charge is 2.29. The molecule has 0 bridgehead atoms. The van der Waals surface area contributed by atoms with Gasteiger partial charge < -0.3 is 4.74 Å². The Morgan fingerprint density at radius 2 is 2.20 bits per heavy atom. The molecule has 1 unspecified atom stereocenters. The highest BCUT2D eigenvalue weighted by molar-refractivity contribution is 5.94. The normalized spacial score (nSPS) is 17.4. The Morgan fingerprint density at radius 3 is 2.90 bits per heavy atom. The summed E-state index contributed by atoms with van der Waals surface area (Å²) in [6.45, 7) is 6.96. The van der Waals surface area contributed by atoms with Crippen LogP contribution in [0.1, 0.15) is 31.4 Å². The third-order valence-corrected chi connectivity index (χ3v) is 3.28. The minimum Gasteiger partial charge on any atom is -0.381 e. The summed E-state index contributed by atoms with van der Waals surface area (Å²) in [7, 11) is 0. The molecule has 4 heteroatoms. The maximum atomic E-state index is 12.4. The number of hydrogen-bond donors (Lipinski definition) is 0. The van der Waals surface area contributed by atoms with Crippen molar-refractivity contribution in [1.29, 1.82) is 0 Å². The number of carbonyl (C=O) groups excluding carboxylic acids is 1. The average molecular weight is 272 g/mol. The van der Waals surface area contributed by atoms with Crippen molar-refractivity contribution in [1.82, 2.24) is 5.01 Å². The lowest BCUT2D eigenvalue weighted by Crippen LogP contribution is -2.28. The molecule has 1 aromatic rings. The highest BCUT2D eigenvalue weighted by atomic mass is 16.5. The molecular weight excluding hydrogens is 252 g/mol. The molecule has 4 nitrogen and oxygen atoms in total. The van der Waals surface area contributed by atoms with E-state index in [1.54, 1.807) is 6.21 Å². The molecule has 1 aromatic carbocycles. The molecule has 1 amide bonds. The van der Waals surface area contributed by atoms with Gasteiger partial charge in [-0.05, 0) is 12.5 Å². The van der Waals surface area contributed by atoms with Crippen LogP contribution >= 0.6 is 0 Å². The zero-order chi connectivity index (χ0) is 14.4. The van der Waals surface area contributed by atoms with Gasteiger partial charge in [0.15, 0.2) is 0 Å². The van der Waals surface area contributed by atoms with Crippen LogP contribution in [0.5, 0.6) is 0 Å². The van der Waals surface area contributed by atoms with Crippen molar-refractivity contribution in [3.05, 3.63) is 48.0 Å². The Morgan fingerprint density at radius 1 is 1.45 bits per heavy atom. The molecule has 0 spiro atoms. The first-order valence-corrected chi connectivity index (χ1v) is 6.90. The lowest BCUT2D eigenvalue weighted by molar-refractivity contribution is -0.129. The van der Waals surface area contributed by atoms with Gasteiger partial charge in [0, 0.05) is 31.2 Å². The van der Waals surface area contributed by atoms with Crippen LogP contribution in [0.3, 0.4) is 0 Å². The summed E-state index contributed by atoms with van der Waals surface area (Å²) in [5.74, 6) is -0.118. The second-order valence-corrected chi connectivity index (χ2v) is 4.66. The predicted molar refractivity (Wildman–Crippen MR) is 79.4 cm³/mol. The lowest BCUT2D eigenvalue weighted by Gasteiger charge is -2.23. The van der Waals surface area contributed by atoms with Crippen LogP contribution in [0.15, 0.2) is 47.6 Å². The van der Waals surface area contributed by atoms with Crippen LogP contribution in [0.2, 0.25) is 0 Å². The molecule has 0 saturated carbocycles. The largest absolute Gasteiger partial charge is 0.381 e. The molecule has 1 heterocycles. The first-order chi connectivity index (χ1) is 9.74. The van der Waals surface area contributed by atoms with Crippen LogP contribution in [-0.4, -0.2) is 30.3 Å². The summed E-state index contributed by atoms with van der Waals surface area (Å²) in [5, 5.41) is 5.73. The Hall–Kier alpha value is -1.94. The van der Waals surface area contributed by atoms with Crippen molar-refractivity contribution in [2.75, 3.05) is 13.2 Å². The van der Waals surface area contributed by atoms with E-state index in [1.165, 1.54) is 5.01 Å². The number of ether oxygens (including phenoxy) is 1. The number of carbonyl (C=O) groups is 1. The van der Waals surface area contributed by atoms with Crippen molar-refractivity contribution in [2.24, 2.45) is 5.10 Å². The van der Waals surface area contributed by atoms with Gasteiger partial charge >= 0.3 is 0 Å². The molecule has 0 N–H and O–H groups in total. The van der Waals surface area contributed by atoms with Gasteiger partial charge in [-0.25, -0.2) is 5.01 Å². The molecule has 1 aliphatic rings. The zero-order valence-corrected chi connectivity index (χ0v) is 11.8. The van der Waals surface area contributed by atoms with Gasteiger partial charge in [0.05, 0.1) is 12.6 Å². The van der Waals surface area contributed by atoms with E-state index in [1.807, 2.05) is 37.3 Å². The molecule has 0 radical (unpaired) electrons. The molecule has 20 heavy (non-hydrogen) atoms. The maximum Gasteiger partial charge on any atom is 0.269 e. The second kappa shape index (κ2) is 7.01. The van der Waals surface area contributed by atoms with Crippen LogP contribution in [0, 0.1) is 0 Å². The van der Waals surface area contributed by atoms with Crippen LogP contribution < -0.4 is 0 Å². The van der Waals surface area contributed by atoms with E-state index < -0.39 is 0 Å². The summed E-state index contributed by atoms with van der Waals surface area (Å²) >= 11 is 0. The molecule has 106 valence electrons. The van der Waals surface area contributed by atoms with E-state index in [0.717, 1.165) is 12.0 Å². The fourth-order valence-corrected chi connectivity index (χ4v) is 2.17. The van der Waals surface area contributed by atoms with Crippen LogP contribution in [0.25, 0.3) is 0 Å². The SMILES string of the molecule is C=C(CCOCC)C(=O)N1N=CCC1c1ccccc1. The number of rotatable bonds is 6. The van der Waals surface area contributed by atoms with E-state index in [0.29, 0.717) is 25.2 Å². The van der Waals surface area contributed by atoms with Gasteiger partial charge in [-0.15, -0.1) is 0 Å². The molecule has 0 aliphatic carbocycles. The molecule has 1 aliphatic heterocycles. The third-order valence-electron chi connectivity index (χ3n) is 3.28. The van der Waals surface area contributed by atoms with E-state index >= 15 is 0 Å². The monoisotopic (exact) mass is 272 g/mol. The van der Waals surface area contributed by atoms with Gasteiger partial charge in [0.2, 0.25) is 0 Å². The molecule has 0 fully saturated rings. The number of hydrazone groups is 1. The summed E-state index contributed by atoms with van der Waals surface area (Å²) in [5.41, 5.74) is 1.63. The minimum atomic E-state index is -0.118. The Kier molecular flexibility index (Phi) is 5.07. The van der Waals surface area contributed by atoms with Gasteiger partial charge in [0.1, 0.15) is 0 Å². The fraction of sp³-hybridized carbons (Fsp3) is 0.375. The summed E-state index contributed by atoms with van der Waals surface area (Å²) in [4.78, 5) is 12.4. The first-order valence-electron chi connectivity index (χ1n) is 6.90. The fourth-order valence-electron chi connectivity index (χ4n) is 2.17. The summed E-state index contributed by atoms with van der Waals surface area (Å²) in [6.07, 6.45) is 3.07. The Bertz CT molecular complexity index is 496. The topological polar surface area (TPSA) is 41.9 Å². The number of hydrogen-bond acceptors (Lipinski definition) is 3. The van der Waals surface area contributed by atoms with E-state index in [9.17, 15) is 4.79 Å². The van der Waals surface area contributed by atoms with Gasteiger partial charge in [-0.2, -0.15) is 5.10 Å². The van der Waals surface area contributed by atoms with E-state index in [4.69, 9.17) is 4.74 Å². The van der Waals surface area contributed by atoms with Crippen molar-refractivity contribution < 1.29 is 9.53 Å². The summed E-state index contributed by atoms with van der Waals surface area (Å²) < 4.78 is 5.26. The van der Waals surface area contributed by atoms with Crippen LogP contribution in [-0.2, 0) is 9.53 Å².